The first-order valence-corrected chi connectivity index (χ1v) is 9.50. The van der Waals surface area contributed by atoms with Crippen molar-refractivity contribution in [1.82, 2.24) is 9.03 Å². The lowest BCUT2D eigenvalue weighted by molar-refractivity contribution is 0.0696. The van der Waals surface area contributed by atoms with E-state index in [1.54, 1.807) is 13.8 Å². The molecule has 0 aliphatic carbocycles. The zero-order chi connectivity index (χ0) is 18.8. The molecule has 0 spiro atoms. The zero-order valence-corrected chi connectivity index (χ0v) is 15.3. The SMILES string of the molecule is CC(C)N(C)S(=O)(=O)NC(=O)c1ccc(C(=O)O)cc1N1CCCC1. The van der Waals surface area contributed by atoms with Crippen LogP contribution in [-0.2, 0) is 10.2 Å². The molecule has 1 amide bonds. The van der Waals surface area contributed by atoms with E-state index in [1.807, 2.05) is 4.90 Å². The Hall–Kier alpha value is -2.13. The van der Waals surface area contributed by atoms with Crippen LogP contribution in [0, 0.1) is 0 Å². The summed E-state index contributed by atoms with van der Waals surface area (Å²) in [6.45, 7) is 4.78. The molecule has 0 atom stereocenters. The number of aromatic carboxylic acids is 1. The quantitative estimate of drug-likeness (QED) is 0.783. The number of carbonyl (C=O) groups excluding carboxylic acids is 1. The normalized spacial score (nSPS) is 15.0. The highest BCUT2D eigenvalue weighted by Crippen LogP contribution is 2.26. The summed E-state index contributed by atoms with van der Waals surface area (Å²) in [4.78, 5) is 25.7. The largest absolute Gasteiger partial charge is 0.478 e. The highest BCUT2D eigenvalue weighted by molar-refractivity contribution is 7.87. The number of rotatable bonds is 6. The van der Waals surface area contributed by atoms with Gasteiger partial charge in [-0.15, -0.1) is 0 Å². The van der Waals surface area contributed by atoms with Crippen molar-refractivity contribution < 1.29 is 23.1 Å². The van der Waals surface area contributed by atoms with Crippen LogP contribution in [0.4, 0.5) is 5.69 Å². The predicted molar refractivity (Wildman–Crippen MR) is 94.1 cm³/mol. The fourth-order valence-corrected chi connectivity index (χ4v) is 3.64. The number of hydrogen-bond acceptors (Lipinski definition) is 5. The minimum absolute atomic E-state index is 0.0561. The highest BCUT2D eigenvalue weighted by atomic mass is 32.2. The second-order valence-corrected chi connectivity index (χ2v) is 8.01. The second-order valence-electron chi connectivity index (χ2n) is 6.28. The van der Waals surface area contributed by atoms with Gasteiger partial charge in [0.2, 0.25) is 0 Å². The maximum atomic E-state index is 12.6. The van der Waals surface area contributed by atoms with Crippen molar-refractivity contribution in [1.29, 1.82) is 0 Å². The predicted octanol–water partition coefficient (Wildman–Crippen LogP) is 1.30. The van der Waals surface area contributed by atoms with Crippen LogP contribution in [0.1, 0.15) is 47.4 Å². The maximum absolute atomic E-state index is 12.6. The summed E-state index contributed by atoms with van der Waals surface area (Å²) in [5, 5.41) is 9.18. The summed E-state index contributed by atoms with van der Waals surface area (Å²) in [6, 6.07) is 3.77. The molecule has 25 heavy (non-hydrogen) atoms. The molecule has 1 aliphatic rings. The average Bonchev–Trinajstić information content (AvgIpc) is 3.07. The van der Waals surface area contributed by atoms with Crippen LogP contribution < -0.4 is 9.62 Å². The molecule has 1 fully saturated rings. The topological polar surface area (TPSA) is 107 Å². The van der Waals surface area contributed by atoms with Crippen LogP contribution in [0.5, 0.6) is 0 Å². The molecule has 2 N–H and O–H groups in total. The summed E-state index contributed by atoms with van der Waals surface area (Å²) in [7, 11) is -2.59. The summed E-state index contributed by atoms with van der Waals surface area (Å²) in [6.07, 6.45) is 1.87. The number of hydrogen-bond donors (Lipinski definition) is 2. The minimum atomic E-state index is -3.97. The van der Waals surface area contributed by atoms with Gasteiger partial charge in [0, 0.05) is 26.2 Å². The fraction of sp³-hybridized carbons (Fsp3) is 0.500. The Morgan fingerprint density at radius 3 is 2.36 bits per heavy atom. The lowest BCUT2D eigenvalue weighted by atomic mass is 10.1. The third-order valence-electron chi connectivity index (χ3n) is 4.26. The lowest BCUT2D eigenvalue weighted by Crippen LogP contribution is -2.44. The van der Waals surface area contributed by atoms with E-state index < -0.39 is 22.1 Å². The molecule has 0 bridgehead atoms. The molecule has 0 aromatic heterocycles. The first kappa shape index (κ1) is 19.2. The van der Waals surface area contributed by atoms with Crippen molar-refractivity contribution in [2.24, 2.45) is 0 Å². The number of carboxylic acid groups (broad SMARTS) is 1. The van der Waals surface area contributed by atoms with Gasteiger partial charge in [0.1, 0.15) is 0 Å². The lowest BCUT2D eigenvalue weighted by Gasteiger charge is -2.24. The molecule has 1 aromatic rings. The van der Waals surface area contributed by atoms with Gasteiger partial charge < -0.3 is 10.0 Å². The van der Waals surface area contributed by atoms with Crippen molar-refractivity contribution in [3.8, 4) is 0 Å². The van der Waals surface area contributed by atoms with Crippen LogP contribution >= 0.6 is 0 Å². The molecule has 0 radical (unpaired) electrons. The monoisotopic (exact) mass is 369 g/mol. The molecule has 8 nitrogen and oxygen atoms in total. The van der Waals surface area contributed by atoms with Gasteiger partial charge in [-0.05, 0) is 44.9 Å². The van der Waals surface area contributed by atoms with Gasteiger partial charge in [0.25, 0.3) is 5.91 Å². The van der Waals surface area contributed by atoms with Crippen LogP contribution in [0.2, 0.25) is 0 Å². The van der Waals surface area contributed by atoms with E-state index in [-0.39, 0.29) is 17.2 Å². The molecule has 1 heterocycles. The first-order valence-electron chi connectivity index (χ1n) is 8.06. The van der Waals surface area contributed by atoms with Crippen LogP contribution in [0.15, 0.2) is 18.2 Å². The maximum Gasteiger partial charge on any atom is 0.335 e. The molecule has 2 rings (SSSR count). The highest BCUT2D eigenvalue weighted by Gasteiger charge is 2.27. The number of nitrogens with one attached hydrogen (secondary N) is 1. The van der Waals surface area contributed by atoms with Crippen LogP contribution in [0.25, 0.3) is 0 Å². The average molecular weight is 369 g/mol. The van der Waals surface area contributed by atoms with Gasteiger partial charge in [0.15, 0.2) is 0 Å². The van der Waals surface area contributed by atoms with E-state index in [0.29, 0.717) is 18.8 Å². The second kappa shape index (κ2) is 7.40. The zero-order valence-electron chi connectivity index (χ0n) is 14.5. The van der Waals surface area contributed by atoms with Gasteiger partial charge in [0.05, 0.1) is 16.8 Å². The van der Waals surface area contributed by atoms with E-state index in [0.717, 1.165) is 17.1 Å². The Kier molecular flexibility index (Phi) is 5.69. The van der Waals surface area contributed by atoms with Gasteiger partial charge in [-0.2, -0.15) is 12.7 Å². The Morgan fingerprint density at radius 2 is 1.84 bits per heavy atom. The molecule has 1 saturated heterocycles. The summed E-state index contributed by atoms with van der Waals surface area (Å²) >= 11 is 0. The molecule has 0 saturated carbocycles. The Morgan fingerprint density at radius 1 is 1.24 bits per heavy atom. The molecule has 9 heteroatoms. The number of anilines is 1. The minimum Gasteiger partial charge on any atom is -0.478 e. The third-order valence-corrected chi connectivity index (χ3v) is 5.89. The van der Waals surface area contributed by atoms with Crippen molar-refractivity contribution in [3.05, 3.63) is 29.3 Å². The molecule has 138 valence electrons. The number of benzene rings is 1. The molecular formula is C16H23N3O5S. The van der Waals surface area contributed by atoms with Gasteiger partial charge in [-0.3, -0.25) is 4.79 Å². The third kappa shape index (κ3) is 4.29. The molecule has 1 aliphatic heterocycles. The van der Waals surface area contributed by atoms with Crippen molar-refractivity contribution >= 4 is 27.8 Å². The molecule has 1 aromatic carbocycles. The first-order chi connectivity index (χ1) is 11.6. The number of carbonyl (C=O) groups is 2. The molecule has 0 unspecified atom stereocenters. The summed E-state index contributed by atoms with van der Waals surface area (Å²) in [5.74, 6) is -1.87. The van der Waals surface area contributed by atoms with Gasteiger partial charge >= 0.3 is 16.2 Å². The van der Waals surface area contributed by atoms with E-state index in [2.05, 4.69) is 4.72 Å². The van der Waals surface area contributed by atoms with E-state index in [9.17, 15) is 23.1 Å². The van der Waals surface area contributed by atoms with Gasteiger partial charge in [-0.1, -0.05) is 0 Å². The summed E-state index contributed by atoms with van der Waals surface area (Å²) in [5.41, 5.74) is 0.644. The van der Waals surface area contributed by atoms with E-state index >= 15 is 0 Å². The van der Waals surface area contributed by atoms with Crippen molar-refractivity contribution in [3.63, 3.8) is 0 Å². The van der Waals surface area contributed by atoms with Gasteiger partial charge in [-0.25, -0.2) is 9.52 Å². The smallest absolute Gasteiger partial charge is 0.335 e. The number of amides is 1. The van der Waals surface area contributed by atoms with Crippen LogP contribution in [0.3, 0.4) is 0 Å². The Labute approximate surface area is 147 Å². The van der Waals surface area contributed by atoms with E-state index in [1.165, 1.54) is 25.2 Å². The fourth-order valence-electron chi connectivity index (χ4n) is 2.60. The van der Waals surface area contributed by atoms with E-state index in [4.69, 9.17) is 0 Å². The van der Waals surface area contributed by atoms with Crippen LogP contribution in [-0.4, -0.2) is 55.9 Å². The number of carboxylic acids is 1. The Bertz CT molecular complexity index is 770. The van der Waals surface area contributed by atoms with Crippen molar-refractivity contribution in [2.45, 2.75) is 32.7 Å². The molecular weight excluding hydrogens is 346 g/mol. The number of nitrogens with zero attached hydrogens (tertiary/aromatic N) is 2. The summed E-state index contributed by atoms with van der Waals surface area (Å²) < 4.78 is 27.6. The van der Waals surface area contributed by atoms with Crippen molar-refractivity contribution in [2.75, 3.05) is 25.0 Å². The Balaban J connectivity index is 2.37. The standard InChI is InChI=1S/C16H23N3O5S/c1-11(2)18(3)25(23,24)17-15(20)13-7-6-12(16(21)22)10-14(13)19-8-4-5-9-19/h6-7,10-11H,4-5,8-9H2,1-3H3,(H,17,20)(H,21,22).